The fraction of sp³-hybridized carbons (Fsp3) is 0.600. The Balaban J connectivity index is 1.65. The maximum atomic E-state index is 13.0. The third-order valence-electron chi connectivity index (χ3n) is 4.94. The SMILES string of the molecule is CC(C)(O)C#CCN1CCC(C(=O)c2cncnc2NC2CCC(CSO)C2)=N1. The van der Waals surface area contributed by atoms with E-state index in [9.17, 15) is 9.90 Å². The Labute approximate surface area is 175 Å². The van der Waals surface area contributed by atoms with Gasteiger partial charge in [-0.05, 0) is 51.1 Å². The van der Waals surface area contributed by atoms with Gasteiger partial charge in [0.05, 0.1) is 12.1 Å². The summed E-state index contributed by atoms with van der Waals surface area (Å²) in [6, 6.07) is 0.229. The number of ketones is 1. The van der Waals surface area contributed by atoms with Crippen molar-refractivity contribution in [2.45, 2.75) is 51.2 Å². The van der Waals surface area contributed by atoms with Crippen LogP contribution in [0.1, 0.15) is 49.9 Å². The molecule has 0 aromatic carbocycles. The first-order valence-electron chi connectivity index (χ1n) is 9.78. The van der Waals surface area contributed by atoms with Crippen LogP contribution in [0, 0.1) is 17.8 Å². The third kappa shape index (κ3) is 6.16. The molecule has 2 heterocycles. The van der Waals surface area contributed by atoms with E-state index >= 15 is 0 Å². The highest BCUT2D eigenvalue weighted by Gasteiger charge is 2.28. The largest absolute Gasteiger partial charge is 0.378 e. The minimum atomic E-state index is -1.04. The molecule has 29 heavy (non-hydrogen) atoms. The average Bonchev–Trinajstić information content (AvgIpc) is 3.31. The molecule has 2 aliphatic rings. The van der Waals surface area contributed by atoms with E-state index in [1.807, 2.05) is 0 Å². The van der Waals surface area contributed by atoms with Gasteiger partial charge < -0.3 is 15.0 Å². The summed E-state index contributed by atoms with van der Waals surface area (Å²) in [6.07, 6.45) is 6.48. The average molecular weight is 418 g/mol. The molecule has 9 heteroatoms. The topological polar surface area (TPSA) is 111 Å². The van der Waals surface area contributed by atoms with E-state index < -0.39 is 5.60 Å². The van der Waals surface area contributed by atoms with Crippen LogP contribution in [-0.4, -0.2) is 66.6 Å². The molecule has 3 N–H and O–H groups in total. The molecule has 0 spiro atoms. The normalized spacial score (nSPS) is 21.5. The van der Waals surface area contributed by atoms with E-state index in [2.05, 4.69) is 32.2 Å². The number of nitrogens with zero attached hydrogens (tertiary/aromatic N) is 4. The van der Waals surface area contributed by atoms with Gasteiger partial charge in [0.2, 0.25) is 5.78 Å². The maximum Gasteiger partial charge on any atom is 0.214 e. The summed E-state index contributed by atoms with van der Waals surface area (Å²) < 4.78 is 9.05. The molecule has 2 atom stereocenters. The van der Waals surface area contributed by atoms with Crippen LogP contribution in [-0.2, 0) is 0 Å². The van der Waals surface area contributed by atoms with E-state index in [4.69, 9.17) is 4.55 Å². The van der Waals surface area contributed by atoms with Crippen LogP contribution >= 0.6 is 12.0 Å². The number of carbonyl (C=O) groups is 1. The van der Waals surface area contributed by atoms with Crippen molar-refractivity contribution in [1.29, 1.82) is 0 Å². The molecule has 3 rings (SSSR count). The van der Waals surface area contributed by atoms with Gasteiger partial charge in [0.1, 0.15) is 23.5 Å². The Hall–Kier alpha value is -2.15. The Morgan fingerprint density at radius 3 is 3.03 bits per heavy atom. The molecule has 0 bridgehead atoms. The second kappa shape index (κ2) is 9.57. The van der Waals surface area contributed by atoms with Crippen LogP contribution in [0.5, 0.6) is 0 Å². The molecule has 8 nitrogen and oxygen atoms in total. The Bertz CT molecular complexity index is 827. The fourth-order valence-electron chi connectivity index (χ4n) is 3.55. The number of hydrazone groups is 1. The molecule has 156 valence electrons. The summed E-state index contributed by atoms with van der Waals surface area (Å²) in [4.78, 5) is 21.3. The number of hydrogen-bond donors (Lipinski definition) is 3. The van der Waals surface area contributed by atoms with E-state index in [1.165, 1.54) is 12.5 Å². The van der Waals surface area contributed by atoms with E-state index in [0.29, 0.717) is 42.5 Å². The number of carbonyl (C=O) groups excluding carboxylic acids is 1. The number of hydrogen-bond acceptors (Lipinski definition) is 9. The standard InChI is InChI=1S/C20H27N5O3S/c1-20(2,27)7-3-8-25-9-6-17(24-25)18(26)16-11-21-13-22-19(16)23-15-5-4-14(10-15)12-29-28/h11,13-15,27-28H,4-6,8-10,12H2,1-2H3,(H,21,22,23). The molecular formula is C20H27N5O3S. The van der Waals surface area contributed by atoms with Gasteiger partial charge in [-0.25, -0.2) is 9.97 Å². The third-order valence-corrected chi connectivity index (χ3v) is 5.56. The first kappa shape index (κ1) is 21.6. The highest BCUT2D eigenvalue weighted by Crippen LogP contribution is 2.30. The predicted molar refractivity (Wildman–Crippen MR) is 114 cm³/mol. The van der Waals surface area contributed by atoms with Crippen molar-refractivity contribution in [3.05, 3.63) is 18.1 Å². The molecule has 0 saturated heterocycles. The zero-order valence-electron chi connectivity index (χ0n) is 16.8. The second-order valence-corrected chi connectivity index (χ2v) is 8.57. The van der Waals surface area contributed by atoms with Crippen molar-refractivity contribution < 1.29 is 14.5 Å². The number of rotatable bonds is 7. The fourth-order valence-corrected chi connectivity index (χ4v) is 4.06. The lowest BCUT2D eigenvalue weighted by Crippen LogP contribution is -2.21. The zero-order valence-corrected chi connectivity index (χ0v) is 17.6. The van der Waals surface area contributed by atoms with Crippen LogP contribution < -0.4 is 5.32 Å². The van der Waals surface area contributed by atoms with Gasteiger partial charge >= 0.3 is 0 Å². The van der Waals surface area contributed by atoms with Crippen molar-refractivity contribution in [2.75, 3.05) is 24.2 Å². The molecule has 0 amide bonds. The number of anilines is 1. The Morgan fingerprint density at radius 1 is 1.45 bits per heavy atom. The molecule has 0 radical (unpaired) electrons. The van der Waals surface area contributed by atoms with Crippen molar-refractivity contribution in [3.8, 4) is 11.8 Å². The van der Waals surface area contributed by atoms with Gasteiger partial charge in [0.15, 0.2) is 0 Å². The second-order valence-electron chi connectivity index (χ2n) is 7.98. The summed E-state index contributed by atoms with van der Waals surface area (Å²) in [7, 11) is 0. The van der Waals surface area contributed by atoms with Crippen LogP contribution in [0.25, 0.3) is 0 Å². The molecule has 2 unspecified atom stereocenters. The summed E-state index contributed by atoms with van der Waals surface area (Å²) in [6.45, 7) is 4.23. The quantitative estimate of drug-likeness (QED) is 0.352. The predicted octanol–water partition coefficient (Wildman–Crippen LogP) is 2.28. The number of aliphatic hydroxyl groups is 1. The molecular weight excluding hydrogens is 390 g/mol. The molecule has 1 fully saturated rings. The van der Waals surface area contributed by atoms with E-state index in [1.54, 1.807) is 18.9 Å². The van der Waals surface area contributed by atoms with Crippen molar-refractivity contribution in [2.24, 2.45) is 11.0 Å². The highest BCUT2D eigenvalue weighted by atomic mass is 32.2. The van der Waals surface area contributed by atoms with Crippen LogP contribution in [0.4, 0.5) is 5.82 Å². The van der Waals surface area contributed by atoms with E-state index in [-0.39, 0.29) is 11.8 Å². The Morgan fingerprint density at radius 2 is 2.28 bits per heavy atom. The maximum absolute atomic E-state index is 13.0. The molecule has 1 aromatic heterocycles. The lowest BCUT2D eigenvalue weighted by molar-refractivity contribution is 0.106. The van der Waals surface area contributed by atoms with Crippen molar-refractivity contribution in [3.63, 3.8) is 0 Å². The minimum Gasteiger partial charge on any atom is -0.378 e. The molecule has 1 aromatic rings. The molecule has 1 aliphatic carbocycles. The summed E-state index contributed by atoms with van der Waals surface area (Å²) >= 11 is 0.888. The smallest absolute Gasteiger partial charge is 0.214 e. The minimum absolute atomic E-state index is 0.175. The Kier molecular flexibility index (Phi) is 7.11. The number of nitrogens with one attached hydrogen (secondary N) is 1. The van der Waals surface area contributed by atoms with Crippen LogP contribution in [0.15, 0.2) is 17.6 Å². The molecule has 1 aliphatic heterocycles. The first-order chi connectivity index (χ1) is 13.9. The summed E-state index contributed by atoms with van der Waals surface area (Å²) in [5, 5.41) is 19.2. The first-order valence-corrected chi connectivity index (χ1v) is 10.7. The van der Waals surface area contributed by atoms with Gasteiger partial charge in [-0.1, -0.05) is 11.8 Å². The number of aromatic nitrogens is 2. The monoisotopic (exact) mass is 417 g/mol. The molecule has 1 saturated carbocycles. The van der Waals surface area contributed by atoms with Crippen molar-refractivity contribution in [1.82, 2.24) is 15.0 Å². The number of Topliss-reactive ketones (excluding diaryl/α,β-unsaturated/α-hetero) is 1. The lowest BCUT2D eigenvalue weighted by atomic mass is 10.1. The summed E-state index contributed by atoms with van der Waals surface area (Å²) in [5.74, 6) is 7.21. The van der Waals surface area contributed by atoms with Crippen molar-refractivity contribution >= 4 is 29.4 Å². The van der Waals surface area contributed by atoms with Gasteiger partial charge in [0.25, 0.3) is 0 Å². The zero-order chi connectivity index (χ0) is 20.9. The van der Waals surface area contributed by atoms with E-state index in [0.717, 1.165) is 37.1 Å². The van der Waals surface area contributed by atoms with Gasteiger partial charge in [0, 0.05) is 31.0 Å². The van der Waals surface area contributed by atoms with Gasteiger partial charge in [-0.15, -0.1) is 0 Å². The summed E-state index contributed by atoms with van der Waals surface area (Å²) in [5.41, 5.74) is -0.149. The van der Waals surface area contributed by atoms with Crippen LogP contribution in [0.2, 0.25) is 0 Å². The lowest BCUT2D eigenvalue weighted by Gasteiger charge is -2.15. The van der Waals surface area contributed by atoms with Gasteiger partial charge in [-0.3, -0.25) is 9.80 Å². The van der Waals surface area contributed by atoms with Gasteiger partial charge in [-0.2, -0.15) is 5.10 Å². The van der Waals surface area contributed by atoms with Crippen LogP contribution in [0.3, 0.4) is 0 Å². The highest BCUT2D eigenvalue weighted by molar-refractivity contribution is 7.93.